The molecule has 0 spiro atoms. The van der Waals surface area contributed by atoms with Crippen molar-refractivity contribution < 1.29 is 0 Å². The molecule has 1 saturated heterocycles. The Hall–Kier alpha value is -1.37. The van der Waals surface area contributed by atoms with Crippen LogP contribution in [0.4, 0.5) is 0 Å². The van der Waals surface area contributed by atoms with Gasteiger partial charge in [-0.25, -0.2) is 9.97 Å². The molecule has 1 atom stereocenters. The van der Waals surface area contributed by atoms with E-state index in [4.69, 9.17) is 4.98 Å². The van der Waals surface area contributed by atoms with E-state index in [0.29, 0.717) is 6.04 Å². The van der Waals surface area contributed by atoms with Crippen LogP contribution >= 0.6 is 11.3 Å². The zero-order valence-corrected chi connectivity index (χ0v) is 13.4. The summed E-state index contributed by atoms with van der Waals surface area (Å²) in [5, 5.41) is 0. The van der Waals surface area contributed by atoms with Crippen molar-refractivity contribution in [3.8, 4) is 0 Å². The third-order valence-corrected chi connectivity index (χ3v) is 4.48. The first-order valence-corrected chi connectivity index (χ1v) is 8.18. The molecule has 3 rings (SSSR count). The molecule has 3 heterocycles. The zero-order valence-electron chi connectivity index (χ0n) is 12.6. The minimum Gasteiger partial charge on any atom is -0.304 e. The van der Waals surface area contributed by atoms with Crippen molar-refractivity contribution in [2.24, 2.45) is 0 Å². The smallest absolute Gasteiger partial charge is 0.145 e. The fourth-order valence-electron chi connectivity index (χ4n) is 2.81. The van der Waals surface area contributed by atoms with Crippen LogP contribution in [0.1, 0.15) is 35.3 Å². The maximum absolute atomic E-state index is 4.77. The Morgan fingerprint density at radius 2 is 2.33 bits per heavy atom. The summed E-state index contributed by atoms with van der Waals surface area (Å²) < 4.78 is 0. The molecule has 112 valence electrons. The number of aromatic nitrogens is 3. The van der Waals surface area contributed by atoms with Gasteiger partial charge in [0.25, 0.3) is 0 Å². The maximum atomic E-state index is 4.77. The molecule has 0 N–H and O–H groups in total. The molecule has 1 aliphatic rings. The van der Waals surface area contributed by atoms with E-state index in [1.54, 1.807) is 11.3 Å². The highest BCUT2D eigenvalue weighted by molar-refractivity contribution is 7.09. The molecule has 0 saturated carbocycles. The zero-order chi connectivity index (χ0) is 14.7. The van der Waals surface area contributed by atoms with Crippen LogP contribution in [0.25, 0.3) is 0 Å². The topological polar surface area (TPSA) is 45.2 Å². The van der Waals surface area contributed by atoms with Gasteiger partial charge in [-0.05, 0) is 39.5 Å². The molecule has 0 bridgehead atoms. The second-order valence-electron chi connectivity index (χ2n) is 5.74. The van der Waals surface area contributed by atoms with Crippen molar-refractivity contribution in [3.63, 3.8) is 0 Å². The van der Waals surface area contributed by atoms with Crippen LogP contribution in [0.5, 0.6) is 0 Å². The molecule has 2 aromatic heterocycles. The van der Waals surface area contributed by atoms with Gasteiger partial charge in [-0.3, -0.25) is 9.88 Å². The van der Waals surface area contributed by atoms with Crippen LogP contribution in [-0.2, 0) is 13.1 Å². The molecule has 0 aliphatic carbocycles. The minimum atomic E-state index is 0.342. The van der Waals surface area contributed by atoms with Gasteiger partial charge in [0.15, 0.2) is 0 Å². The van der Waals surface area contributed by atoms with Gasteiger partial charge in [0.05, 0.1) is 17.2 Å². The Bertz CT molecular complexity index is 569. The Balaban J connectivity index is 1.75. The minimum absolute atomic E-state index is 0.342. The third-order valence-electron chi connectivity index (χ3n) is 3.71. The van der Waals surface area contributed by atoms with Gasteiger partial charge in [0.1, 0.15) is 5.82 Å². The fourth-order valence-corrected chi connectivity index (χ4v) is 3.43. The second-order valence-corrected chi connectivity index (χ2v) is 6.71. The molecule has 1 unspecified atom stereocenters. The number of hydrogen-bond acceptors (Lipinski definition) is 6. The van der Waals surface area contributed by atoms with Crippen LogP contribution in [0.15, 0.2) is 24.0 Å². The maximum Gasteiger partial charge on any atom is 0.145 e. The molecule has 6 heteroatoms. The summed E-state index contributed by atoms with van der Waals surface area (Å²) in [4.78, 5) is 19.4. The summed E-state index contributed by atoms with van der Waals surface area (Å²) in [5.74, 6) is 0.969. The largest absolute Gasteiger partial charge is 0.304 e. The van der Waals surface area contributed by atoms with Crippen LogP contribution in [-0.4, -0.2) is 45.4 Å². The second kappa shape index (κ2) is 6.60. The molecular weight excluding hydrogens is 282 g/mol. The lowest BCUT2D eigenvalue weighted by Crippen LogP contribution is -2.24. The number of nitrogens with zero attached hydrogens (tertiary/aromatic N) is 5. The van der Waals surface area contributed by atoms with Gasteiger partial charge in [-0.2, -0.15) is 0 Å². The fraction of sp³-hybridized carbons (Fsp3) is 0.533. The molecule has 1 fully saturated rings. The SMILES string of the molecule is CN(C)Cc1ccnc(C2CCCN2Cc2cncs2)n1. The summed E-state index contributed by atoms with van der Waals surface area (Å²) >= 11 is 1.72. The quantitative estimate of drug-likeness (QED) is 0.848. The van der Waals surface area contributed by atoms with E-state index < -0.39 is 0 Å². The molecule has 1 aliphatic heterocycles. The van der Waals surface area contributed by atoms with E-state index in [0.717, 1.165) is 37.6 Å². The monoisotopic (exact) mass is 303 g/mol. The van der Waals surface area contributed by atoms with E-state index in [1.807, 2.05) is 24.0 Å². The molecule has 21 heavy (non-hydrogen) atoms. The van der Waals surface area contributed by atoms with E-state index in [-0.39, 0.29) is 0 Å². The van der Waals surface area contributed by atoms with E-state index in [9.17, 15) is 0 Å². The van der Waals surface area contributed by atoms with Gasteiger partial charge >= 0.3 is 0 Å². The van der Waals surface area contributed by atoms with Gasteiger partial charge in [-0.1, -0.05) is 0 Å². The normalized spacial score (nSPS) is 19.5. The number of rotatable bonds is 5. The van der Waals surface area contributed by atoms with Crippen LogP contribution in [0.3, 0.4) is 0 Å². The van der Waals surface area contributed by atoms with Crippen LogP contribution < -0.4 is 0 Å². The average molecular weight is 303 g/mol. The molecule has 0 amide bonds. The van der Waals surface area contributed by atoms with Crippen molar-refractivity contribution in [3.05, 3.63) is 40.4 Å². The van der Waals surface area contributed by atoms with Crippen molar-refractivity contribution in [2.45, 2.75) is 32.0 Å². The summed E-state index contributed by atoms with van der Waals surface area (Å²) in [6.45, 7) is 2.93. The van der Waals surface area contributed by atoms with Crippen molar-refractivity contribution >= 4 is 11.3 Å². The summed E-state index contributed by atoms with van der Waals surface area (Å²) in [7, 11) is 4.13. The highest BCUT2D eigenvalue weighted by Crippen LogP contribution is 2.31. The molecule has 5 nitrogen and oxygen atoms in total. The lowest BCUT2D eigenvalue weighted by atomic mass is 10.2. The Morgan fingerprint density at radius 1 is 1.43 bits per heavy atom. The lowest BCUT2D eigenvalue weighted by Gasteiger charge is -2.23. The van der Waals surface area contributed by atoms with E-state index in [1.165, 1.54) is 11.3 Å². The van der Waals surface area contributed by atoms with Crippen LogP contribution in [0, 0.1) is 0 Å². The average Bonchev–Trinajstić information content (AvgIpc) is 3.10. The number of hydrogen-bond donors (Lipinski definition) is 0. The predicted octanol–water partition coefficient (Wildman–Crippen LogP) is 2.33. The van der Waals surface area contributed by atoms with Crippen molar-refractivity contribution in [1.82, 2.24) is 24.8 Å². The highest BCUT2D eigenvalue weighted by Gasteiger charge is 2.28. The first kappa shape index (κ1) is 14.6. The summed E-state index contributed by atoms with van der Waals surface area (Å²) in [6.07, 6.45) is 6.21. The molecule has 2 aromatic rings. The van der Waals surface area contributed by atoms with Gasteiger partial charge in [0.2, 0.25) is 0 Å². The Labute approximate surface area is 129 Å². The Kier molecular flexibility index (Phi) is 4.57. The van der Waals surface area contributed by atoms with Gasteiger partial charge in [-0.15, -0.1) is 11.3 Å². The first-order chi connectivity index (χ1) is 10.2. The highest BCUT2D eigenvalue weighted by atomic mass is 32.1. The third kappa shape index (κ3) is 3.64. The van der Waals surface area contributed by atoms with Gasteiger partial charge in [0, 0.05) is 30.4 Å². The Morgan fingerprint density at radius 3 is 3.10 bits per heavy atom. The van der Waals surface area contributed by atoms with Gasteiger partial charge < -0.3 is 4.90 Å². The molecule has 0 aromatic carbocycles. The number of likely N-dealkylation sites (tertiary alicyclic amines) is 1. The predicted molar refractivity (Wildman–Crippen MR) is 83.9 cm³/mol. The van der Waals surface area contributed by atoms with Crippen molar-refractivity contribution in [2.75, 3.05) is 20.6 Å². The summed E-state index contributed by atoms with van der Waals surface area (Å²) in [6, 6.07) is 2.35. The molecule has 0 radical (unpaired) electrons. The summed E-state index contributed by atoms with van der Waals surface area (Å²) in [5.41, 5.74) is 2.99. The molecular formula is C15H21N5S. The van der Waals surface area contributed by atoms with E-state index in [2.05, 4.69) is 33.9 Å². The van der Waals surface area contributed by atoms with Crippen molar-refractivity contribution in [1.29, 1.82) is 0 Å². The van der Waals surface area contributed by atoms with Crippen LogP contribution in [0.2, 0.25) is 0 Å². The number of thiazole rings is 1. The standard InChI is InChI=1S/C15H21N5S/c1-19(2)9-12-5-6-17-15(18-12)14-4-3-7-20(14)10-13-8-16-11-21-13/h5-6,8,11,14H,3-4,7,9-10H2,1-2H3. The first-order valence-electron chi connectivity index (χ1n) is 7.30. The lowest BCUT2D eigenvalue weighted by molar-refractivity contribution is 0.241. The van der Waals surface area contributed by atoms with E-state index >= 15 is 0 Å².